The number of esters is 1. The standard InChI is InChI=1S/C29H26F6O2/c1-3-5-6-8-16-10-14-20(26(33)24(16)31)37-29(36)19-13-12-18-17-11-9-15(7-4-2)23(30)21(17)27(34)28(35)22(18)25(19)32/h9-14,27-28H,3-8H2,1-2H3. The van der Waals surface area contributed by atoms with Crippen molar-refractivity contribution in [3.8, 4) is 16.9 Å². The van der Waals surface area contributed by atoms with E-state index in [1.807, 2.05) is 13.8 Å². The highest BCUT2D eigenvalue weighted by atomic mass is 19.2. The molecule has 2 atom stereocenters. The van der Waals surface area contributed by atoms with Gasteiger partial charge in [0.05, 0.1) is 5.56 Å². The molecular weight excluding hydrogens is 494 g/mol. The van der Waals surface area contributed by atoms with Gasteiger partial charge in [0.15, 0.2) is 23.9 Å². The first-order valence-corrected chi connectivity index (χ1v) is 12.3. The molecule has 8 heteroatoms. The summed E-state index contributed by atoms with van der Waals surface area (Å²) in [7, 11) is 0. The highest BCUT2D eigenvalue weighted by Gasteiger charge is 2.40. The van der Waals surface area contributed by atoms with Crippen molar-refractivity contribution in [2.75, 3.05) is 0 Å². The van der Waals surface area contributed by atoms with Crippen LogP contribution in [0, 0.1) is 23.3 Å². The number of ether oxygens (including phenoxy) is 1. The third-order valence-corrected chi connectivity index (χ3v) is 6.66. The van der Waals surface area contributed by atoms with E-state index in [1.165, 1.54) is 24.3 Å². The molecule has 3 aromatic carbocycles. The summed E-state index contributed by atoms with van der Waals surface area (Å²) < 4.78 is 94.3. The number of aryl methyl sites for hydroxylation is 2. The maximum Gasteiger partial charge on any atom is 0.346 e. The summed E-state index contributed by atoms with van der Waals surface area (Å²) in [6.07, 6.45) is -1.48. The Balaban J connectivity index is 1.67. The number of fused-ring (bicyclic) bond motifs is 3. The fraction of sp³-hybridized carbons (Fsp3) is 0.345. The number of carbonyl (C=O) groups is 1. The Hall–Kier alpha value is -3.29. The van der Waals surface area contributed by atoms with Crippen LogP contribution in [0.1, 0.15) is 84.5 Å². The number of halogens is 6. The molecule has 0 aromatic heterocycles. The highest BCUT2D eigenvalue weighted by Crippen LogP contribution is 2.51. The van der Waals surface area contributed by atoms with Gasteiger partial charge >= 0.3 is 5.97 Å². The molecule has 4 rings (SSSR count). The second kappa shape index (κ2) is 11.0. The van der Waals surface area contributed by atoms with Crippen LogP contribution in [0.4, 0.5) is 26.3 Å². The van der Waals surface area contributed by atoms with Crippen molar-refractivity contribution in [3.05, 3.63) is 87.5 Å². The maximum atomic E-state index is 15.4. The summed E-state index contributed by atoms with van der Waals surface area (Å²) in [6, 6.07) is 7.32. The third kappa shape index (κ3) is 4.86. The molecule has 196 valence electrons. The van der Waals surface area contributed by atoms with E-state index in [-0.39, 0.29) is 22.3 Å². The molecule has 1 aliphatic carbocycles. The van der Waals surface area contributed by atoms with Crippen LogP contribution in [0.15, 0.2) is 36.4 Å². The van der Waals surface area contributed by atoms with E-state index in [0.29, 0.717) is 25.7 Å². The van der Waals surface area contributed by atoms with Gasteiger partial charge < -0.3 is 4.74 Å². The summed E-state index contributed by atoms with van der Waals surface area (Å²) in [4.78, 5) is 12.7. The van der Waals surface area contributed by atoms with Gasteiger partial charge in [-0.25, -0.2) is 26.7 Å². The summed E-state index contributed by atoms with van der Waals surface area (Å²) in [5.74, 6) is -7.01. The molecule has 0 radical (unpaired) electrons. The zero-order valence-electron chi connectivity index (χ0n) is 20.4. The van der Waals surface area contributed by atoms with E-state index in [0.717, 1.165) is 25.0 Å². The predicted octanol–water partition coefficient (Wildman–Crippen LogP) is 8.85. The van der Waals surface area contributed by atoms with E-state index >= 15 is 13.2 Å². The number of benzene rings is 3. The van der Waals surface area contributed by atoms with Crippen molar-refractivity contribution in [3.63, 3.8) is 0 Å². The number of rotatable bonds is 8. The van der Waals surface area contributed by atoms with Gasteiger partial charge in [0.25, 0.3) is 0 Å². The summed E-state index contributed by atoms with van der Waals surface area (Å²) >= 11 is 0. The number of unbranched alkanes of at least 4 members (excludes halogenated alkanes) is 2. The second-order valence-electron chi connectivity index (χ2n) is 9.14. The Labute approximate surface area is 211 Å². The first kappa shape index (κ1) is 26.8. The van der Waals surface area contributed by atoms with Crippen molar-refractivity contribution in [2.45, 2.75) is 64.7 Å². The van der Waals surface area contributed by atoms with E-state index < -0.39 is 64.0 Å². The van der Waals surface area contributed by atoms with Crippen molar-refractivity contribution in [1.82, 2.24) is 0 Å². The lowest BCUT2D eigenvalue weighted by Gasteiger charge is -2.28. The topological polar surface area (TPSA) is 26.3 Å². The number of carbonyl (C=O) groups excluding carboxylic acids is 1. The summed E-state index contributed by atoms with van der Waals surface area (Å²) in [5, 5.41) is 0. The molecule has 0 saturated carbocycles. The zero-order valence-corrected chi connectivity index (χ0v) is 20.4. The highest BCUT2D eigenvalue weighted by molar-refractivity contribution is 5.93. The van der Waals surface area contributed by atoms with Gasteiger partial charge in [-0.05, 0) is 53.6 Å². The monoisotopic (exact) mass is 520 g/mol. The predicted molar refractivity (Wildman–Crippen MR) is 128 cm³/mol. The second-order valence-corrected chi connectivity index (χ2v) is 9.14. The number of hydrogen-bond donors (Lipinski definition) is 0. The molecule has 37 heavy (non-hydrogen) atoms. The van der Waals surface area contributed by atoms with Gasteiger partial charge in [0.1, 0.15) is 11.6 Å². The van der Waals surface area contributed by atoms with Crippen LogP contribution >= 0.6 is 0 Å². The largest absolute Gasteiger partial charge is 0.420 e. The molecule has 2 nitrogen and oxygen atoms in total. The Bertz CT molecular complexity index is 1340. The fourth-order valence-electron chi connectivity index (χ4n) is 4.72. The first-order valence-electron chi connectivity index (χ1n) is 12.3. The summed E-state index contributed by atoms with van der Waals surface area (Å²) in [5.41, 5.74) is -1.79. The molecule has 3 aromatic rings. The van der Waals surface area contributed by atoms with E-state index in [2.05, 4.69) is 0 Å². The van der Waals surface area contributed by atoms with Crippen molar-refractivity contribution in [1.29, 1.82) is 0 Å². The van der Waals surface area contributed by atoms with Crippen LogP contribution in [-0.2, 0) is 12.8 Å². The lowest BCUT2D eigenvalue weighted by Crippen LogP contribution is -2.19. The molecule has 0 spiro atoms. The summed E-state index contributed by atoms with van der Waals surface area (Å²) in [6.45, 7) is 3.79. The third-order valence-electron chi connectivity index (χ3n) is 6.66. The minimum atomic E-state index is -2.58. The van der Waals surface area contributed by atoms with Gasteiger partial charge in [0.2, 0.25) is 5.82 Å². The van der Waals surface area contributed by atoms with Crippen LogP contribution in [0.5, 0.6) is 5.75 Å². The van der Waals surface area contributed by atoms with Crippen LogP contribution in [-0.4, -0.2) is 5.97 Å². The Morgan fingerprint density at radius 3 is 1.95 bits per heavy atom. The van der Waals surface area contributed by atoms with Gasteiger partial charge in [-0.3, -0.25) is 0 Å². The lowest BCUT2D eigenvalue weighted by atomic mass is 9.80. The molecule has 0 aliphatic heterocycles. The smallest absolute Gasteiger partial charge is 0.346 e. The molecule has 0 amide bonds. The van der Waals surface area contributed by atoms with Gasteiger partial charge in [-0.2, -0.15) is 4.39 Å². The Morgan fingerprint density at radius 1 is 0.703 bits per heavy atom. The van der Waals surface area contributed by atoms with Gasteiger partial charge in [-0.15, -0.1) is 0 Å². The number of hydrogen-bond acceptors (Lipinski definition) is 2. The Morgan fingerprint density at radius 2 is 1.30 bits per heavy atom. The molecule has 0 heterocycles. The molecule has 1 aliphatic rings. The van der Waals surface area contributed by atoms with E-state index in [4.69, 9.17) is 4.74 Å². The van der Waals surface area contributed by atoms with Crippen LogP contribution in [0.2, 0.25) is 0 Å². The van der Waals surface area contributed by atoms with Crippen molar-refractivity contribution in [2.24, 2.45) is 0 Å². The molecule has 0 fully saturated rings. The molecule has 2 unspecified atom stereocenters. The fourth-order valence-corrected chi connectivity index (χ4v) is 4.72. The zero-order chi connectivity index (χ0) is 26.9. The lowest BCUT2D eigenvalue weighted by molar-refractivity contribution is 0.0720. The molecule has 0 N–H and O–H groups in total. The minimum Gasteiger partial charge on any atom is -0.420 e. The average Bonchev–Trinajstić information content (AvgIpc) is 2.87. The van der Waals surface area contributed by atoms with Crippen molar-refractivity contribution < 1.29 is 35.9 Å². The Kier molecular flexibility index (Phi) is 7.95. The minimum absolute atomic E-state index is 0.0145. The quantitative estimate of drug-likeness (QED) is 0.128. The molecular formula is C29H26F6O2. The van der Waals surface area contributed by atoms with Gasteiger partial charge in [-0.1, -0.05) is 57.4 Å². The van der Waals surface area contributed by atoms with Crippen LogP contribution in [0.25, 0.3) is 11.1 Å². The van der Waals surface area contributed by atoms with Crippen LogP contribution < -0.4 is 4.74 Å². The van der Waals surface area contributed by atoms with Gasteiger partial charge in [0, 0.05) is 11.1 Å². The molecule has 0 bridgehead atoms. The maximum absolute atomic E-state index is 15.4. The van der Waals surface area contributed by atoms with E-state index in [9.17, 15) is 18.0 Å². The SMILES string of the molecule is CCCCCc1ccc(OC(=O)c2ccc3c(c2F)C(F)C(F)c2c-3ccc(CCC)c2F)c(F)c1F. The van der Waals surface area contributed by atoms with Crippen LogP contribution in [0.3, 0.4) is 0 Å². The average molecular weight is 521 g/mol. The first-order chi connectivity index (χ1) is 17.7. The van der Waals surface area contributed by atoms with E-state index in [1.54, 1.807) is 0 Å². The van der Waals surface area contributed by atoms with Crippen molar-refractivity contribution >= 4 is 5.97 Å². The molecule has 0 saturated heterocycles. The normalized spacial score (nSPS) is 16.3. The number of alkyl halides is 2.